The standard InChI is InChI=1S/C22H26N4O2.C2HF3O2/c27-20(25-22-24-18-7-2-1-6-16(18)21(28)26-22)15-5-3-4-14(10-15)17-11-19(17)23-12-13-8-9-13;3-2(4,5)1(6)7/h3-5,10,13,17,19,23H,1-2,6-9,11-12H2,(H2,24,25,26,27,28);(H,6,7)/t17-,19+;/m0./s1. The van der Waals surface area contributed by atoms with Crippen molar-refractivity contribution in [2.75, 3.05) is 11.9 Å². The number of halogens is 3. The molecular weight excluding hydrogens is 465 g/mol. The lowest BCUT2D eigenvalue weighted by Gasteiger charge is -2.14. The Morgan fingerprint density at radius 2 is 1.89 bits per heavy atom. The van der Waals surface area contributed by atoms with Gasteiger partial charge in [0, 0.05) is 23.1 Å². The van der Waals surface area contributed by atoms with E-state index in [9.17, 15) is 22.8 Å². The first-order valence-corrected chi connectivity index (χ1v) is 11.7. The zero-order valence-electron chi connectivity index (χ0n) is 19.0. The summed E-state index contributed by atoms with van der Waals surface area (Å²) in [6.45, 7) is 1.12. The Bertz CT molecular complexity index is 1160. The molecule has 4 N–H and O–H groups in total. The highest BCUT2D eigenvalue weighted by molar-refractivity contribution is 6.03. The molecule has 2 aromatic rings. The van der Waals surface area contributed by atoms with Crippen LogP contribution in [0.5, 0.6) is 0 Å². The number of aromatic nitrogens is 2. The van der Waals surface area contributed by atoms with Crippen LogP contribution in [0, 0.1) is 5.92 Å². The molecule has 0 aliphatic heterocycles. The van der Waals surface area contributed by atoms with Crippen LogP contribution in [0.25, 0.3) is 0 Å². The maximum absolute atomic E-state index is 12.7. The number of anilines is 1. The number of carboxylic acids is 1. The number of amides is 1. The number of nitrogens with one attached hydrogen (secondary N) is 3. The van der Waals surface area contributed by atoms with Gasteiger partial charge in [-0.1, -0.05) is 12.1 Å². The molecule has 188 valence electrons. The van der Waals surface area contributed by atoms with Crippen LogP contribution >= 0.6 is 0 Å². The average molecular weight is 492 g/mol. The molecule has 2 saturated carbocycles. The maximum atomic E-state index is 12.7. The van der Waals surface area contributed by atoms with Crippen molar-refractivity contribution in [3.05, 3.63) is 57.0 Å². The number of carbonyl (C=O) groups excluding carboxylic acids is 1. The van der Waals surface area contributed by atoms with Gasteiger partial charge in [-0.2, -0.15) is 13.2 Å². The van der Waals surface area contributed by atoms with E-state index < -0.39 is 12.1 Å². The number of carboxylic acid groups (broad SMARTS) is 1. The van der Waals surface area contributed by atoms with Crippen molar-refractivity contribution >= 4 is 17.8 Å². The molecule has 8 nitrogen and oxygen atoms in total. The third-order valence-electron chi connectivity index (χ3n) is 6.40. The normalized spacial score (nSPS) is 20.8. The third-order valence-corrected chi connectivity index (χ3v) is 6.40. The molecule has 3 aliphatic carbocycles. The van der Waals surface area contributed by atoms with E-state index in [1.54, 1.807) is 0 Å². The minimum absolute atomic E-state index is 0.128. The summed E-state index contributed by atoms with van der Waals surface area (Å²) in [5, 5.41) is 13.5. The first-order chi connectivity index (χ1) is 16.6. The van der Waals surface area contributed by atoms with Gasteiger partial charge in [-0.05, 0) is 75.1 Å². The van der Waals surface area contributed by atoms with Gasteiger partial charge in [0.1, 0.15) is 0 Å². The summed E-state index contributed by atoms with van der Waals surface area (Å²) in [4.78, 5) is 41.0. The first-order valence-electron chi connectivity index (χ1n) is 11.7. The Labute approximate surface area is 199 Å². The number of aryl methyl sites for hydroxylation is 1. The Kier molecular flexibility index (Phi) is 7.25. The summed E-state index contributed by atoms with van der Waals surface area (Å²) < 4.78 is 31.7. The largest absolute Gasteiger partial charge is 0.490 e. The van der Waals surface area contributed by atoms with E-state index in [0.717, 1.165) is 55.8 Å². The second-order valence-corrected chi connectivity index (χ2v) is 9.23. The smallest absolute Gasteiger partial charge is 0.475 e. The van der Waals surface area contributed by atoms with Crippen LogP contribution < -0.4 is 16.2 Å². The van der Waals surface area contributed by atoms with E-state index in [1.165, 1.54) is 18.4 Å². The van der Waals surface area contributed by atoms with Crippen molar-refractivity contribution in [3.63, 3.8) is 0 Å². The lowest BCUT2D eigenvalue weighted by Crippen LogP contribution is -2.24. The molecule has 2 fully saturated rings. The molecule has 5 rings (SSSR count). The number of alkyl halides is 3. The first kappa shape index (κ1) is 24.9. The number of hydrogen-bond acceptors (Lipinski definition) is 5. The molecule has 3 aliphatic rings. The van der Waals surface area contributed by atoms with Crippen LogP contribution in [0.1, 0.15) is 65.2 Å². The SMILES string of the molecule is O=C(Nc1nc2c(c(=O)[nH]1)CCCC2)c1cccc([C@@H]2C[C@H]2NCC2CC2)c1.O=C(O)C(F)(F)F. The third kappa shape index (κ3) is 6.68. The molecule has 1 heterocycles. The molecule has 0 bridgehead atoms. The zero-order valence-corrected chi connectivity index (χ0v) is 19.0. The lowest BCUT2D eigenvalue weighted by molar-refractivity contribution is -0.192. The molecule has 2 atom stereocenters. The number of nitrogens with zero attached hydrogens (tertiary/aromatic N) is 1. The monoisotopic (exact) mass is 492 g/mol. The van der Waals surface area contributed by atoms with Gasteiger partial charge < -0.3 is 10.4 Å². The van der Waals surface area contributed by atoms with Gasteiger partial charge in [-0.3, -0.25) is 19.9 Å². The molecule has 0 spiro atoms. The summed E-state index contributed by atoms with van der Waals surface area (Å²) in [7, 11) is 0. The highest BCUT2D eigenvalue weighted by Gasteiger charge is 2.39. The van der Waals surface area contributed by atoms with Crippen molar-refractivity contribution in [1.82, 2.24) is 15.3 Å². The maximum Gasteiger partial charge on any atom is 0.490 e. The molecule has 1 aromatic heterocycles. The Hall–Kier alpha value is -3.21. The molecule has 1 aromatic carbocycles. The van der Waals surface area contributed by atoms with Gasteiger partial charge >= 0.3 is 12.1 Å². The van der Waals surface area contributed by atoms with E-state index in [2.05, 4.69) is 26.7 Å². The van der Waals surface area contributed by atoms with Crippen molar-refractivity contribution in [1.29, 1.82) is 0 Å². The topological polar surface area (TPSA) is 124 Å². The number of aromatic amines is 1. The van der Waals surface area contributed by atoms with Crippen LogP contribution in [0.2, 0.25) is 0 Å². The number of rotatable bonds is 6. The fourth-order valence-corrected chi connectivity index (χ4v) is 4.18. The van der Waals surface area contributed by atoms with Crippen LogP contribution in [-0.4, -0.2) is 45.7 Å². The molecule has 0 unspecified atom stereocenters. The molecule has 0 saturated heterocycles. The average Bonchev–Trinajstić information content (AvgIpc) is 3.73. The van der Waals surface area contributed by atoms with Gasteiger partial charge in [0.15, 0.2) is 0 Å². The van der Waals surface area contributed by atoms with Crippen molar-refractivity contribution in [2.45, 2.75) is 63.1 Å². The number of hydrogen-bond donors (Lipinski definition) is 4. The van der Waals surface area contributed by atoms with Crippen molar-refractivity contribution in [2.24, 2.45) is 5.92 Å². The van der Waals surface area contributed by atoms with Crippen LogP contribution in [0.3, 0.4) is 0 Å². The van der Waals surface area contributed by atoms with Crippen LogP contribution in [0.4, 0.5) is 19.1 Å². The van der Waals surface area contributed by atoms with Gasteiger partial charge in [-0.25, -0.2) is 9.78 Å². The summed E-state index contributed by atoms with van der Waals surface area (Å²) in [5.41, 5.74) is 3.26. The van der Waals surface area contributed by atoms with E-state index in [-0.39, 0.29) is 17.4 Å². The quantitative estimate of drug-likeness (QED) is 0.490. The molecule has 35 heavy (non-hydrogen) atoms. The molecule has 11 heteroatoms. The molecule has 1 amide bonds. The van der Waals surface area contributed by atoms with Gasteiger partial charge in [0.25, 0.3) is 11.5 Å². The van der Waals surface area contributed by atoms with Crippen LogP contribution in [0.15, 0.2) is 29.1 Å². The fraction of sp³-hybridized carbons (Fsp3) is 0.500. The summed E-state index contributed by atoms with van der Waals surface area (Å²) >= 11 is 0. The predicted octanol–water partition coefficient (Wildman–Crippen LogP) is 3.39. The number of benzene rings is 1. The van der Waals surface area contributed by atoms with E-state index in [0.29, 0.717) is 17.5 Å². The van der Waals surface area contributed by atoms with Crippen LogP contribution in [-0.2, 0) is 17.6 Å². The van der Waals surface area contributed by atoms with Gasteiger partial charge in [0.05, 0.1) is 5.69 Å². The molecular formula is C24H27F3N4O4. The highest BCUT2D eigenvalue weighted by atomic mass is 19.4. The predicted molar refractivity (Wildman–Crippen MR) is 121 cm³/mol. The summed E-state index contributed by atoms with van der Waals surface area (Å²) in [6, 6.07) is 8.35. The minimum Gasteiger partial charge on any atom is -0.475 e. The summed E-state index contributed by atoms with van der Waals surface area (Å²) in [6.07, 6.45) is 2.40. The second kappa shape index (κ2) is 10.2. The van der Waals surface area contributed by atoms with Gasteiger partial charge in [0.2, 0.25) is 5.95 Å². The molecule has 0 radical (unpaired) electrons. The van der Waals surface area contributed by atoms with E-state index in [4.69, 9.17) is 9.90 Å². The number of carbonyl (C=O) groups is 2. The Balaban J connectivity index is 0.000000364. The van der Waals surface area contributed by atoms with E-state index >= 15 is 0 Å². The van der Waals surface area contributed by atoms with Crippen molar-refractivity contribution in [3.8, 4) is 0 Å². The fourth-order valence-electron chi connectivity index (χ4n) is 4.18. The summed E-state index contributed by atoms with van der Waals surface area (Å²) in [5.74, 6) is -1.37. The van der Waals surface area contributed by atoms with Gasteiger partial charge in [-0.15, -0.1) is 0 Å². The number of H-pyrrole nitrogens is 1. The number of fused-ring (bicyclic) bond motifs is 1. The second-order valence-electron chi connectivity index (χ2n) is 9.23. The zero-order chi connectivity index (χ0) is 25.2. The lowest BCUT2D eigenvalue weighted by atomic mass is 9.97. The van der Waals surface area contributed by atoms with Crippen molar-refractivity contribution < 1.29 is 27.9 Å². The Morgan fingerprint density at radius 3 is 2.57 bits per heavy atom. The minimum atomic E-state index is -5.08. The van der Waals surface area contributed by atoms with E-state index in [1.807, 2.05) is 18.2 Å². The Morgan fingerprint density at radius 1 is 1.17 bits per heavy atom. The highest BCUT2D eigenvalue weighted by Crippen LogP contribution is 2.41. The number of aliphatic carboxylic acids is 1.